The second-order valence-corrected chi connectivity index (χ2v) is 11.3. The number of aliphatic hydroxyl groups is 7. The van der Waals surface area contributed by atoms with E-state index >= 15 is 0 Å². The fourth-order valence-corrected chi connectivity index (χ4v) is 5.59. The molecule has 0 bridgehead atoms. The van der Waals surface area contributed by atoms with Crippen LogP contribution in [0, 0.1) is 0 Å². The number of carbonyl (C=O) groups excluding carboxylic acids is 1. The Bertz CT molecular complexity index is 880. The quantitative estimate of drug-likeness (QED) is 0.0542. The largest absolute Gasteiger partial charge is 0.395 e. The summed E-state index contributed by atoms with van der Waals surface area (Å²) in [7, 11) is 1.52. The number of aliphatic hydroxyl groups excluding tert-OH is 6. The molecule has 3 fully saturated rings. The zero-order chi connectivity index (χ0) is 32.1. The summed E-state index contributed by atoms with van der Waals surface area (Å²) in [6, 6.07) is -3.97. The normalized spacial score (nSPS) is 43.8. The Hall–Kier alpha value is -1.37. The maximum absolute atomic E-state index is 12.6. The SMILES string of the molecule is CN[C@@H]1[C@@H](O)[C@@H](O[C@H]2[C@H](NC(=O)N(O)CCN)C[C@H](N)C(O[C@H]3O[C@H](CNCCO)[C@@H](O)[C@H](O)[C@H]3O)[C@@H]2O)OC[C@]1(C)O. The van der Waals surface area contributed by atoms with Crippen molar-refractivity contribution in [2.75, 3.05) is 46.4 Å². The smallest absolute Gasteiger partial charge is 0.341 e. The van der Waals surface area contributed by atoms with E-state index < -0.39 is 91.2 Å². The minimum atomic E-state index is -1.75. The first kappa shape index (κ1) is 36.1. The highest BCUT2D eigenvalue weighted by molar-refractivity contribution is 5.73. The first-order chi connectivity index (χ1) is 20.3. The van der Waals surface area contributed by atoms with Gasteiger partial charge in [-0.3, -0.25) is 5.21 Å². The number of hydrogen-bond donors (Lipinski definition) is 13. The number of nitrogens with zero attached hydrogens (tertiary/aromatic N) is 1. The van der Waals surface area contributed by atoms with E-state index in [0.717, 1.165) is 0 Å². The van der Waals surface area contributed by atoms with Gasteiger partial charge in [0, 0.05) is 25.7 Å². The lowest BCUT2D eigenvalue weighted by molar-refractivity contribution is -0.330. The summed E-state index contributed by atoms with van der Waals surface area (Å²) in [5, 5.41) is 91.8. The van der Waals surface area contributed by atoms with Crippen LogP contribution in [0.1, 0.15) is 13.3 Å². The third kappa shape index (κ3) is 8.47. The number of rotatable bonds is 12. The number of likely N-dealkylation sites (N-methyl/N-ethyl adjacent to an activating group) is 1. The van der Waals surface area contributed by atoms with Crippen LogP contribution in [0.25, 0.3) is 0 Å². The Morgan fingerprint density at radius 1 is 1.05 bits per heavy atom. The van der Waals surface area contributed by atoms with Crippen molar-refractivity contribution in [2.45, 2.75) is 98.5 Å². The van der Waals surface area contributed by atoms with Crippen LogP contribution in [0.5, 0.6) is 0 Å². The molecule has 0 aromatic carbocycles. The van der Waals surface area contributed by atoms with Crippen LogP contribution in [0.15, 0.2) is 0 Å². The molecule has 252 valence electrons. The topological polar surface area (TPSA) is 307 Å². The lowest BCUT2D eigenvalue weighted by Crippen LogP contribution is -2.70. The number of amides is 2. The van der Waals surface area contributed by atoms with Crippen molar-refractivity contribution >= 4 is 6.03 Å². The van der Waals surface area contributed by atoms with Crippen LogP contribution >= 0.6 is 0 Å². The lowest BCUT2D eigenvalue weighted by Gasteiger charge is -2.49. The van der Waals surface area contributed by atoms with E-state index in [9.17, 15) is 40.6 Å². The van der Waals surface area contributed by atoms with Gasteiger partial charge in [0.15, 0.2) is 12.6 Å². The second-order valence-electron chi connectivity index (χ2n) is 11.3. The van der Waals surface area contributed by atoms with Crippen LogP contribution in [-0.4, -0.2) is 184 Å². The van der Waals surface area contributed by atoms with Crippen LogP contribution in [0.4, 0.5) is 4.79 Å². The van der Waals surface area contributed by atoms with Crippen molar-refractivity contribution in [1.29, 1.82) is 0 Å². The summed E-state index contributed by atoms with van der Waals surface area (Å²) in [5.74, 6) is 0. The summed E-state index contributed by atoms with van der Waals surface area (Å²) in [5.41, 5.74) is 10.3. The van der Waals surface area contributed by atoms with Crippen molar-refractivity contribution in [2.24, 2.45) is 11.5 Å². The summed E-state index contributed by atoms with van der Waals surface area (Å²) in [4.78, 5) is 12.6. The number of nitrogens with one attached hydrogen (secondary N) is 3. The fourth-order valence-electron chi connectivity index (χ4n) is 5.59. The summed E-state index contributed by atoms with van der Waals surface area (Å²) in [6.07, 6.45) is -14.9. The maximum atomic E-state index is 12.6. The molecule has 1 unspecified atom stereocenters. The van der Waals surface area contributed by atoms with E-state index in [4.69, 9.17) is 35.5 Å². The van der Waals surface area contributed by atoms with Gasteiger partial charge in [0.2, 0.25) is 0 Å². The predicted molar refractivity (Wildman–Crippen MR) is 144 cm³/mol. The number of nitrogens with two attached hydrogens (primary N) is 2. The molecule has 1 aliphatic carbocycles. The fraction of sp³-hybridized carbons (Fsp3) is 0.958. The van der Waals surface area contributed by atoms with Gasteiger partial charge in [-0.05, 0) is 20.4 Å². The summed E-state index contributed by atoms with van der Waals surface area (Å²) >= 11 is 0. The molecule has 15 N–H and O–H groups in total. The first-order valence-corrected chi connectivity index (χ1v) is 14.2. The molecule has 19 nitrogen and oxygen atoms in total. The van der Waals surface area contributed by atoms with E-state index in [1.54, 1.807) is 0 Å². The number of ether oxygens (including phenoxy) is 4. The van der Waals surface area contributed by atoms with Gasteiger partial charge in [0.05, 0.1) is 31.8 Å². The average molecular weight is 629 g/mol. The Labute approximate surface area is 248 Å². The summed E-state index contributed by atoms with van der Waals surface area (Å²) in [6.45, 7) is 0.920. The molecule has 1 saturated carbocycles. The molecule has 2 aliphatic heterocycles. The molecule has 0 spiro atoms. The molecule has 0 aromatic heterocycles. The molecular formula is C24H48N6O13. The third-order valence-electron chi connectivity index (χ3n) is 7.93. The van der Waals surface area contributed by atoms with Crippen molar-refractivity contribution in [3.63, 3.8) is 0 Å². The Morgan fingerprint density at radius 2 is 1.72 bits per heavy atom. The van der Waals surface area contributed by atoms with Gasteiger partial charge in [-0.25, -0.2) is 9.86 Å². The van der Waals surface area contributed by atoms with E-state index in [2.05, 4.69) is 16.0 Å². The molecule has 2 heterocycles. The number of hydroxylamine groups is 2. The van der Waals surface area contributed by atoms with Crippen LogP contribution in [0.2, 0.25) is 0 Å². The monoisotopic (exact) mass is 628 g/mol. The van der Waals surface area contributed by atoms with Gasteiger partial charge >= 0.3 is 6.03 Å². The van der Waals surface area contributed by atoms with Gasteiger partial charge in [-0.1, -0.05) is 0 Å². The molecule has 2 saturated heterocycles. The minimum absolute atomic E-state index is 0.0156. The minimum Gasteiger partial charge on any atom is -0.395 e. The standard InChI is InChI=1S/C24H48N6O13/c1-24(38)9-40-21(17(36)20(24)27-2)43-19-11(29-23(37)30(39)5-3-25)7-10(26)18(16(19)35)42-22-15(34)14(33)13(32)12(41-22)8-28-4-6-31/h10-22,27-28,31-36,38-39H,3-9,25-26H2,1-2H3,(H,29,37)/t10-,11+,12+,13+,14-,15+,16-,17+,18?,19-,20+,21+,22+,24-/m0/s1. The molecular weight excluding hydrogens is 580 g/mol. The van der Waals surface area contributed by atoms with Gasteiger partial charge in [-0.2, -0.15) is 0 Å². The van der Waals surface area contributed by atoms with E-state index in [-0.39, 0.29) is 45.8 Å². The molecule has 0 radical (unpaired) electrons. The second kappa shape index (κ2) is 15.8. The number of hydrogen-bond acceptors (Lipinski definition) is 17. The number of carbonyl (C=O) groups is 1. The molecule has 19 heteroatoms. The Morgan fingerprint density at radius 3 is 2.35 bits per heavy atom. The molecule has 14 atom stereocenters. The number of urea groups is 1. The van der Waals surface area contributed by atoms with Crippen LogP contribution in [-0.2, 0) is 18.9 Å². The van der Waals surface area contributed by atoms with E-state index in [1.807, 2.05) is 0 Å². The van der Waals surface area contributed by atoms with Crippen molar-refractivity contribution in [3.8, 4) is 0 Å². The third-order valence-corrected chi connectivity index (χ3v) is 7.93. The zero-order valence-electron chi connectivity index (χ0n) is 24.2. The average Bonchev–Trinajstić information content (AvgIpc) is 2.95. The van der Waals surface area contributed by atoms with Gasteiger partial charge in [0.25, 0.3) is 0 Å². The molecule has 3 aliphatic rings. The molecule has 3 rings (SSSR count). The van der Waals surface area contributed by atoms with E-state index in [0.29, 0.717) is 5.06 Å². The summed E-state index contributed by atoms with van der Waals surface area (Å²) < 4.78 is 23.1. The van der Waals surface area contributed by atoms with Gasteiger partial charge in [-0.15, -0.1) is 0 Å². The van der Waals surface area contributed by atoms with Crippen LogP contribution < -0.4 is 27.4 Å². The van der Waals surface area contributed by atoms with E-state index in [1.165, 1.54) is 14.0 Å². The molecule has 43 heavy (non-hydrogen) atoms. The zero-order valence-corrected chi connectivity index (χ0v) is 24.2. The predicted octanol–water partition coefficient (Wildman–Crippen LogP) is -6.98. The van der Waals surface area contributed by atoms with Gasteiger partial charge in [0.1, 0.15) is 54.4 Å². The Balaban J connectivity index is 1.83. The highest BCUT2D eigenvalue weighted by Crippen LogP contribution is 2.32. The van der Waals surface area contributed by atoms with Crippen molar-refractivity contribution in [3.05, 3.63) is 0 Å². The van der Waals surface area contributed by atoms with Crippen molar-refractivity contribution < 1.29 is 64.7 Å². The first-order valence-electron chi connectivity index (χ1n) is 14.2. The highest BCUT2D eigenvalue weighted by Gasteiger charge is 2.53. The van der Waals surface area contributed by atoms with Crippen molar-refractivity contribution in [1.82, 2.24) is 21.0 Å². The lowest BCUT2D eigenvalue weighted by atomic mass is 9.83. The molecule has 0 aromatic rings. The maximum Gasteiger partial charge on any atom is 0.341 e. The Kier molecular flexibility index (Phi) is 13.2. The highest BCUT2D eigenvalue weighted by atomic mass is 16.7. The van der Waals surface area contributed by atoms with Gasteiger partial charge < -0.3 is 82.1 Å². The van der Waals surface area contributed by atoms with Crippen LogP contribution in [0.3, 0.4) is 0 Å². The molecule has 2 amide bonds.